The molecule has 0 radical (unpaired) electrons. The third-order valence-corrected chi connectivity index (χ3v) is 6.12. The molecular weight excluding hydrogens is 370 g/mol. The third-order valence-electron chi connectivity index (χ3n) is 5.86. The monoisotopic (exact) mass is 393 g/mol. The van der Waals surface area contributed by atoms with Crippen molar-refractivity contribution in [2.45, 2.75) is 37.6 Å². The number of anilines is 1. The summed E-state index contributed by atoms with van der Waals surface area (Å²) in [6.07, 6.45) is 3.80. The van der Waals surface area contributed by atoms with Crippen LogP contribution in [0.1, 0.15) is 36.8 Å². The van der Waals surface area contributed by atoms with E-state index in [-0.39, 0.29) is 17.2 Å². The van der Waals surface area contributed by atoms with E-state index in [9.17, 15) is 10.1 Å². The van der Waals surface area contributed by atoms with E-state index < -0.39 is 0 Å². The van der Waals surface area contributed by atoms with Gasteiger partial charge in [-0.05, 0) is 67.6 Å². The quantitative estimate of drug-likeness (QED) is 0.797. The topological polar surface area (TPSA) is 56.1 Å². The molecule has 1 saturated carbocycles. The molecule has 1 N–H and O–H groups in total. The van der Waals surface area contributed by atoms with Crippen LogP contribution in [0.2, 0.25) is 5.02 Å². The number of benzene rings is 2. The first-order valence-corrected chi connectivity index (χ1v) is 10.3. The number of hydrogen-bond acceptors (Lipinski definition) is 3. The molecule has 5 heteroatoms. The Bertz CT molecular complexity index is 882. The fourth-order valence-corrected chi connectivity index (χ4v) is 4.09. The van der Waals surface area contributed by atoms with Gasteiger partial charge in [0.05, 0.1) is 17.4 Å². The number of carbonyl (C=O) groups excluding carboxylic acids is 1. The molecule has 144 valence electrons. The Morgan fingerprint density at radius 2 is 1.89 bits per heavy atom. The van der Waals surface area contributed by atoms with Gasteiger partial charge in [-0.15, -0.1) is 0 Å². The predicted molar refractivity (Wildman–Crippen MR) is 111 cm³/mol. The fourth-order valence-electron chi connectivity index (χ4n) is 3.97. The molecular formula is C23H24ClN3O. The first-order chi connectivity index (χ1) is 13.6. The number of nitrogens with one attached hydrogen (secondary N) is 1. The van der Waals surface area contributed by atoms with Crippen molar-refractivity contribution >= 4 is 23.2 Å². The van der Waals surface area contributed by atoms with Gasteiger partial charge in [-0.1, -0.05) is 35.9 Å². The molecule has 1 atom stereocenters. The van der Waals surface area contributed by atoms with Gasteiger partial charge < -0.3 is 5.32 Å². The minimum absolute atomic E-state index is 0.00499. The Balaban J connectivity index is 1.34. The van der Waals surface area contributed by atoms with Gasteiger partial charge in [-0.25, -0.2) is 0 Å². The zero-order valence-electron chi connectivity index (χ0n) is 15.8. The maximum Gasteiger partial charge on any atom is 0.228 e. The fraction of sp³-hybridized carbons (Fsp3) is 0.391. The average Bonchev–Trinajstić information content (AvgIpc) is 3.52. The standard InChI is InChI=1S/C23H24ClN3O/c24-20-7-3-17(4-8-20)14-27-13-1-2-18(15-27)22(28)26-21-9-5-19(6-10-21)23(16-25)11-12-23/h3-10,18H,1-2,11-15H2,(H,26,28). The molecule has 28 heavy (non-hydrogen) atoms. The number of rotatable bonds is 5. The van der Waals surface area contributed by atoms with E-state index in [1.807, 2.05) is 48.5 Å². The molecule has 1 aliphatic heterocycles. The summed E-state index contributed by atoms with van der Waals surface area (Å²) in [5.41, 5.74) is 2.79. The van der Waals surface area contributed by atoms with Crippen LogP contribution in [0.5, 0.6) is 0 Å². The molecule has 0 aromatic heterocycles. The second-order valence-electron chi connectivity index (χ2n) is 7.96. The number of nitrogens with zero attached hydrogens (tertiary/aromatic N) is 2. The van der Waals surface area contributed by atoms with Gasteiger partial charge in [0, 0.05) is 23.8 Å². The van der Waals surface area contributed by atoms with Crippen LogP contribution in [0.4, 0.5) is 5.69 Å². The summed E-state index contributed by atoms with van der Waals surface area (Å²) in [5.74, 6) is 0.0737. The van der Waals surface area contributed by atoms with Crippen LogP contribution in [-0.2, 0) is 16.8 Å². The molecule has 1 unspecified atom stereocenters. The molecule has 4 rings (SSSR count). The molecule has 2 aliphatic rings. The van der Waals surface area contributed by atoms with Gasteiger partial charge >= 0.3 is 0 Å². The van der Waals surface area contributed by atoms with Crippen molar-refractivity contribution in [1.82, 2.24) is 4.90 Å². The van der Waals surface area contributed by atoms with E-state index in [1.54, 1.807) is 0 Å². The summed E-state index contributed by atoms with van der Waals surface area (Å²) in [4.78, 5) is 15.1. The maximum absolute atomic E-state index is 12.8. The second kappa shape index (κ2) is 7.95. The lowest BCUT2D eigenvalue weighted by Crippen LogP contribution is -2.40. The van der Waals surface area contributed by atoms with E-state index in [4.69, 9.17) is 11.6 Å². The largest absolute Gasteiger partial charge is 0.326 e. The highest BCUT2D eigenvalue weighted by molar-refractivity contribution is 6.30. The molecule has 0 bridgehead atoms. The number of halogens is 1. The van der Waals surface area contributed by atoms with Crippen molar-refractivity contribution in [3.63, 3.8) is 0 Å². The first kappa shape index (κ1) is 19.0. The minimum atomic E-state index is -0.284. The van der Waals surface area contributed by atoms with Crippen LogP contribution in [-0.4, -0.2) is 23.9 Å². The van der Waals surface area contributed by atoms with Gasteiger partial charge in [-0.2, -0.15) is 5.26 Å². The highest BCUT2D eigenvalue weighted by atomic mass is 35.5. The van der Waals surface area contributed by atoms with Crippen LogP contribution in [0.15, 0.2) is 48.5 Å². The molecule has 4 nitrogen and oxygen atoms in total. The maximum atomic E-state index is 12.8. The zero-order valence-corrected chi connectivity index (χ0v) is 16.6. The van der Waals surface area contributed by atoms with Crippen LogP contribution >= 0.6 is 11.6 Å². The van der Waals surface area contributed by atoms with Crippen molar-refractivity contribution in [1.29, 1.82) is 5.26 Å². The van der Waals surface area contributed by atoms with Crippen molar-refractivity contribution in [3.8, 4) is 6.07 Å². The summed E-state index contributed by atoms with van der Waals surface area (Å²) in [5, 5.41) is 13.1. The van der Waals surface area contributed by atoms with Crippen molar-refractivity contribution in [2.75, 3.05) is 18.4 Å². The molecule has 2 aromatic carbocycles. The van der Waals surface area contributed by atoms with E-state index in [1.165, 1.54) is 5.56 Å². The molecule has 0 spiro atoms. The predicted octanol–water partition coefficient (Wildman–Crippen LogP) is 4.75. The van der Waals surface area contributed by atoms with E-state index in [0.717, 1.165) is 61.6 Å². The van der Waals surface area contributed by atoms with Crippen molar-refractivity contribution in [2.24, 2.45) is 5.92 Å². The van der Waals surface area contributed by atoms with E-state index in [2.05, 4.69) is 16.3 Å². The highest BCUT2D eigenvalue weighted by Gasteiger charge is 2.44. The Labute approximate surface area is 171 Å². The Hall–Kier alpha value is -2.35. The summed E-state index contributed by atoms with van der Waals surface area (Å²) >= 11 is 5.96. The Morgan fingerprint density at radius 3 is 2.54 bits per heavy atom. The molecule has 1 amide bonds. The molecule has 1 aliphatic carbocycles. The van der Waals surface area contributed by atoms with Crippen LogP contribution < -0.4 is 5.32 Å². The van der Waals surface area contributed by atoms with Gasteiger partial charge in [0.2, 0.25) is 5.91 Å². The molecule has 1 heterocycles. The van der Waals surface area contributed by atoms with E-state index >= 15 is 0 Å². The van der Waals surface area contributed by atoms with E-state index in [0.29, 0.717) is 0 Å². The number of piperidine rings is 1. The minimum Gasteiger partial charge on any atom is -0.326 e. The van der Waals surface area contributed by atoms with Crippen LogP contribution in [0, 0.1) is 17.2 Å². The van der Waals surface area contributed by atoms with Gasteiger partial charge in [0.25, 0.3) is 0 Å². The normalized spacial score (nSPS) is 20.9. The van der Waals surface area contributed by atoms with Crippen molar-refractivity contribution in [3.05, 3.63) is 64.7 Å². The van der Waals surface area contributed by atoms with Gasteiger partial charge in [0.15, 0.2) is 0 Å². The zero-order chi connectivity index (χ0) is 19.6. The smallest absolute Gasteiger partial charge is 0.228 e. The molecule has 2 fully saturated rings. The third kappa shape index (κ3) is 4.22. The van der Waals surface area contributed by atoms with Crippen molar-refractivity contribution < 1.29 is 4.79 Å². The molecule has 1 saturated heterocycles. The summed E-state index contributed by atoms with van der Waals surface area (Å²) in [6, 6.07) is 18.1. The number of likely N-dealkylation sites (tertiary alicyclic amines) is 1. The lowest BCUT2D eigenvalue weighted by atomic mass is 9.96. The lowest BCUT2D eigenvalue weighted by molar-refractivity contribution is -0.121. The Kier molecular flexibility index (Phi) is 5.39. The second-order valence-corrected chi connectivity index (χ2v) is 8.40. The Morgan fingerprint density at radius 1 is 1.18 bits per heavy atom. The van der Waals surface area contributed by atoms with Gasteiger partial charge in [0.1, 0.15) is 0 Å². The van der Waals surface area contributed by atoms with Crippen LogP contribution in [0.3, 0.4) is 0 Å². The first-order valence-electron chi connectivity index (χ1n) is 9.87. The highest BCUT2D eigenvalue weighted by Crippen LogP contribution is 2.47. The van der Waals surface area contributed by atoms with Gasteiger partial charge in [-0.3, -0.25) is 9.69 Å². The number of hydrogen-bond donors (Lipinski definition) is 1. The van der Waals surface area contributed by atoms with Crippen LogP contribution in [0.25, 0.3) is 0 Å². The summed E-state index contributed by atoms with van der Waals surface area (Å²) in [7, 11) is 0. The molecule has 2 aromatic rings. The summed E-state index contributed by atoms with van der Waals surface area (Å²) in [6.45, 7) is 2.62. The SMILES string of the molecule is N#CC1(c2ccc(NC(=O)C3CCCN(Cc4ccc(Cl)cc4)C3)cc2)CC1. The number of carbonyl (C=O) groups is 1. The summed E-state index contributed by atoms with van der Waals surface area (Å²) < 4.78 is 0. The number of amides is 1. The lowest BCUT2D eigenvalue weighted by Gasteiger charge is -2.32. The number of nitriles is 1. The average molecular weight is 394 g/mol.